The van der Waals surface area contributed by atoms with E-state index < -0.39 is 23.6 Å². The number of esters is 1. The maximum absolute atomic E-state index is 11.8. The molecule has 1 rings (SSSR count). The summed E-state index contributed by atoms with van der Waals surface area (Å²) >= 11 is 0. The van der Waals surface area contributed by atoms with Gasteiger partial charge in [0, 0.05) is 13.2 Å². The quantitative estimate of drug-likeness (QED) is 0.858. The lowest BCUT2D eigenvalue weighted by molar-refractivity contribution is -0.142. The van der Waals surface area contributed by atoms with E-state index in [0.717, 1.165) is 0 Å². The number of nitrogens with one attached hydrogen (secondary N) is 1. The zero-order valence-corrected chi connectivity index (χ0v) is 12.7. The highest BCUT2D eigenvalue weighted by atomic mass is 16.6. The first kappa shape index (κ1) is 16.0. The van der Waals surface area contributed by atoms with Crippen LogP contribution >= 0.6 is 0 Å². The SMILES string of the molecule is COC(=O)C(C)c1nn(C)cc1NC(=O)OC(C)(C)C. The lowest BCUT2D eigenvalue weighted by Gasteiger charge is -2.19. The molecule has 0 radical (unpaired) electrons. The highest BCUT2D eigenvalue weighted by Gasteiger charge is 2.25. The van der Waals surface area contributed by atoms with Gasteiger partial charge in [-0.2, -0.15) is 5.10 Å². The maximum atomic E-state index is 11.8. The van der Waals surface area contributed by atoms with Crippen LogP contribution in [-0.2, 0) is 21.3 Å². The summed E-state index contributed by atoms with van der Waals surface area (Å²) in [6.45, 7) is 6.98. The normalized spacial score (nSPS) is 12.7. The molecule has 0 saturated heterocycles. The van der Waals surface area contributed by atoms with E-state index in [-0.39, 0.29) is 0 Å². The molecule has 1 atom stereocenters. The number of carbonyl (C=O) groups excluding carboxylic acids is 2. The van der Waals surface area contributed by atoms with Gasteiger partial charge in [-0.3, -0.25) is 14.8 Å². The van der Waals surface area contributed by atoms with Gasteiger partial charge in [0.05, 0.1) is 18.5 Å². The number of hydrogen-bond donors (Lipinski definition) is 1. The number of ether oxygens (including phenoxy) is 2. The van der Waals surface area contributed by atoms with Crippen LogP contribution in [0.15, 0.2) is 6.20 Å². The molecule has 0 saturated carbocycles. The van der Waals surface area contributed by atoms with Gasteiger partial charge in [0.25, 0.3) is 0 Å². The van der Waals surface area contributed by atoms with E-state index in [0.29, 0.717) is 11.4 Å². The first-order valence-electron chi connectivity index (χ1n) is 6.25. The van der Waals surface area contributed by atoms with Crippen molar-refractivity contribution in [2.45, 2.75) is 39.2 Å². The highest BCUT2D eigenvalue weighted by Crippen LogP contribution is 2.24. The molecule has 1 heterocycles. The molecular formula is C13H21N3O4. The molecule has 1 aromatic rings. The van der Waals surface area contributed by atoms with E-state index in [2.05, 4.69) is 15.2 Å². The second kappa shape index (κ2) is 5.94. The minimum atomic E-state index is -0.597. The number of amides is 1. The second-order valence-corrected chi connectivity index (χ2v) is 5.47. The van der Waals surface area contributed by atoms with Crippen molar-refractivity contribution < 1.29 is 19.1 Å². The Balaban J connectivity index is 2.91. The number of hydrogen-bond acceptors (Lipinski definition) is 5. The van der Waals surface area contributed by atoms with E-state index in [9.17, 15) is 9.59 Å². The Bertz CT molecular complexity index is 502. The van der Waals surface area contributed by atoms with Crippen LogP contribution in [0, 0.1) is 0 Å². The average molecular weight is 283 g/mol. The molecule has 1 N–H and O–H groups in total. The number of nitrogens with zero attached hydrogens (tertiary/aromatic N) is 2. The fourth-order valence-corrected chi connectivity index (χ4v) is 1.62. The van der Waals surface area contributed by atoms with Crippen molar-refractivity contribution in [1.82, 2.24) is 9.78 Å². The van der Waals surface area contributed by atoms with Gasteiger partial charge in [-0.05, 0) is 27.7 Å². The minimum Gasteiger partial charge on any atom is -0.469 e. The summed E-state index contributed by atoms with van der Waals surface area (Å²) in [7, 11) is 3.01. The van der Waals surface area contributed by atoms with E-state index in [1.54, 1.807) is 40.9 Å². The molecule has 112 valence electrons. The highest BCUT2D eigenvalue weighted by molar-refractivity contribution is 5.87. The third-order valence-corrected chi connectivity index (χ3v) is 2.46. The molecule has 0 aliphatic rings. The zero-order valence-electron chi connectivity index (χ0n) is 12.7. The molecule has 0 aliphatic heterocycles. The lowest BCUT2D eigenvalue weighted by Crippen LogP contribution is -2.27. The van der Waals surface area contributed by atoms with Gasteiger partial charge in [0.1, 0.15) is 11.5 Å². The molecule has 1 aromatic heterocycles. The van der Waals surface area contributed by atoms with E-state index in [1.165, 1.54) is 11.8 Å². The van der Waals surface area contributed by atoms with Crippen molar-refractivity contribution in [3.63, 3.8) is 0 Å². The van der Waals surface area contributed by atoms with Gasteiger partial charge in [-0.15, -0.1) is 0 Å². The molecule has 0 aromatic carbocycles. The van der Waals surface area contributed by atoms with Gasteiger partial charge < -0.3 is 9.47 Å². The van der Waals surface area contributed by atoms with Crippen LogP contribution in [0.3, 0.4) is 0 Å². The largest absolute Gasteiger partial charge is 0.469 e. The fourth-order valence-electron chi connectivity index (χ4n) is 1.62. The number of carbonyl (C=O) groups is 2. The van der Waals surface area contributed by atoms with Gasteiger partial charge >= 0.3 is 12.1 Å². The summed E-state index contributed by atoms with van der Waals surface area (Å²) in [6.07, 6.45) is 1.02. The summed E-state index contributed by atoms with van der Waals surface area (Å²) in [5, 5.41) is 6.77. The van der Waals surface area contributed by atoms with E-state index >= 15 is 0 Å². The first-order chi connectivity index (χ1) is 9.14. The van der Waals surface area contributed by atoms with Gasteiger partial charge in [0.2, 0.25) is 0 Å². The van der Waals surface area contributed by atoms with Crippen molar-refractivity contribution in [1.29, 1.82) is 0 Å². The molecule has 20 heavy (non-hydrogen) atoms. The van der Waals surface area contributed by atoms with Gasteiger partial charge in [-0.25, -0.2) is 4.79 Å². The van der Waals surface area contributed by atoms with Crippen LogP contribution in [0.5, 0.6) is 0 Å². The van der Waals surface area contributed by atoms with Gasteiger partial charge in [-0.1, -0.05) is 0 Å². The van der Waals surface area contributed by atoms with E-state index in [1.807, 2.05) is 0 Å². The molecule has 0 spiro atoms. The number of anilines is 1. The smallest absolute Gasteiger partial charge is 0.412 e. The monoisotopic (exact) mass is 283 g/mol. The van der Waals surface area contributed by atoms with Crippen LogP contribution < -0.4 is 5.32 Å². The van der Waals surface area contributed by atoms with Crippen molar-refractivity contribution in [3.05, 3.63) is 11.9 Å². The molecule has 0 bridgehead atoms. The van der Waals surface area contributed by atoms with E-state index in [4.69, 9.17) is 4.74 Å². The number of methoxy groups -OCH3 is 1. The Morgan fingerprint density at radius 1 is 1.40 bits per heavy atom. The Kier molecular flexibility index (Phi) is 4.75. The molecule has 1 unspecified atom stereocenters. The summed E-state index contributed by atoms with van der Waals surface area (Å²) in [5.74, 6) is -0.998. The zero-order chi connectivity index (χ0) is 15.5. The summed E-state index contributed by atoms with van der Waals surface area (Å²) in [5.41, 5.74) is 0.269. The standard InChI is InChI=1S/C13H21N3O4/c1-8(11(17)19-6)10-9(7-16(5)15-10)14-12(18)20-13(2,3)4/h7-8H,1-6H3,(H,14,18). The van der Waals surface area contributed by atoms with Gasteiger partial charge in [0.15, 0.2) is 0 Å². The van der Waals surface area contributed by atoms with Crippen LogP contribution in [0.25, 0.3) is 0 Å². The Morgan fingerprint density at radius 3 is 2.50 bits per heavy atom. The Morgan fingerprint density at radius 2 is 2.00 bits per heavy atom. The van der Waals surface area contributed by atoms with Crippen molar-refractivity contribution in [3.8, 4) is 0 Å². The third-order valence-electron chi connectivity index (χ3n) is 2.46. The Hall–Kier alpha value is -2.05. The summed E-state index contributed by atoms with van der Waals surface area (Å²) in [4.78, 5) is 23.3. The fraction of sp³-hybridized carbons (Fsp3) is 0.615. The maximum Gasteiger partial charge on any atom is 0.412 e. The topological polar surface area (TPSA) is 82.5 Å². The van der Waals surface area contributed by atoms with Crippen LogP contribution in [-0.4, -0.2) is 34.6 Å². The van der Waals surface area contributed by atoms with Crippen molar-refractivity contribution in [2.24, 2.45) is 7.05 Å². The van der Waals surface area contributed by atoms with Crippen molar-refractivity contribution in [2.75, 3.05) is 12.4 Å². The lowest BCUT2D eigenvalue weighted by atomic mass is 10.1. The van der Waals surface area contributed by atoms with Crippen LogP contribution in [0.2, 0.25) is 0 Å². The number of aromatic nitrogens is 2. The van der Waals surface area contributed by atoms with Crippen LogP contribution in [0.4, 0.5) is 10.5 Å². The number of aryl methyl sites for hydroxylation is 1. The second-order valence-electron chi connectivity index (χ2n) is 5.47. The minimum absolute atomic E-state index is 0.420. The summed E-state index contributed by atoms with van der Waals surface area (Å²) < 4.78 is 11.4. The van der Waals surface area contributed by atoms with Crippen molar-refractivity contribution >= 4 is 17.7 Å². The molecule has 0 fully saturated rings. The molecule has 7 heteroatoms. The average Bonchev–Trinajstić information content (AvgIpc) is 2.65. The predicted octanol–water partition coefficient (Wildman–Crippen LogP) is 2.04. The van der Waals surface area contributed by atoms with Crippen LogP contribution in [0.1, 0.15) is 39.3 Å². The molecule has 0 aliphatic carbocycles. The molecule has 7 nitrogen and oxygen atoms in total. The summed E-state index contributed by atoms with van der Waals surface area (Å²) in [6, 6.07) is 0. The predicted molar refractivity (Wildman–Crippen MR) is 73.5 cm³/mol. The Labute approximate surface area is 118 Å². The first-order valence-corrected chi connectivity index (χ1v) is 6.25. The third kappa shape index (κ3) is 4.25. The molecular weight excluding hydrogens is 262 g/mol. The number of rotatable bonds is 3. The molecule has 1 amide bonds.